The Morgan fingerprint density at radius 3 is 2.34 bits per heavy atom. The number of halogens is 1. The van der Waals surface area contributed by atoms with Crippen LogP contribution in [0.1, 0.15) is 53.8 Å². The summed E-state index contributed by atoms with van der Waals surface area (Å²) in [6, 6.07) is 7.78. The Balaban J connectivity index is 1.75. The molecule has 182 valence electrons. The second-order valence-corrected chi connectivity index (χ2v) is 8.17. The number of esters is 1. The van der Waals surface area contributed by atoms with E-state index in [1.165, 1.54) is 18.2 Å². The Labute approximate surface area is 200 Å². The highest BCUT2D eigenvalue weighted by Crippen LogP contribution is 2.36. The molecule has 1 aliphatic rings. The molecule has 0 spiro atoms. The number of nitrogens with one attached hydrogen (secondary N) is 1. The number of phenols is 2. The molecule has 35 heavy (non-hydrogen) atoms. The van der Waals surface area contributed by atoms with Crippen LogP contribution in [0.2, 0.25) is 0 Å². The summed E-state index contributed by atoms with van der Waals surface area (Å²) in [5.74, 6) is -4.45. The number of para-hydroxylation sites is 1. The standard InChI is InChI=1S/C26H24FNO7/c1-14(2)7-10-21(15-13-20(31)24-18(29)8-9-19(30)25(24)26(15)34)35-23(33)12-11-22(32)28-17-6-4-3-5-16(17)27/h3-9,13,21,29-30H,10-12H2,1-2H3,(H,28,32)/t21-/m1/s1. The highest BCUT2D eigenvalue weighted by Gasteiger charge is 2.35. The second kappa shape index (κ2) is 10.8. The van der Waals surface area contributed by atoms with Crippen LogP contribution in [0.15, 0.2) is 59.7 Å². The molecule has 0 aromatic heterocycles. The SMILES string of the molecule is CC(C)=CC[C@@H](OC(=O)CCC(=O)Nc1ccccc1F)C1=CC(=O)c2c(O)ccc(O)c2C1=O. The van der Waals surface area contributed by atoms with Gasteiger partial charge < -0.3 is 20.3 Å². The van der Waals surface area contributed by atoms with Crippen molar-refractivity contribution in [3.63, 3.8) is 0 Å². The van der Waals surface area contributed by atoms with Gasteiger partial charge in [0.2, 0.25) is 5.91 Å². The number of benzene rings is 2. The third-order valence-electron chi connectivity index (χ3n) is 5.25. The van der Waals surface area contributed by atoms with E-state index in [2.05, 4.69) is 5.32 Å². The maximum Gasteiger partial charge on any atom is 0.306 e. The van der Waals surface area contributed by atoms with E-state index in [0.717, 1.165) is 23.8 Å². The minimum atomic E-state index is -1.17. The summed E-state index contributed by atoms with van der Waals surface area (Å²) < 4.78 is 19.1. The van der Waals surface area contributed by atoms with Crippen molar-refractivity contribution in [1.29, 1.82) is 0 Å². The molecule has 0 saturated heterocycles. The van der Waals surface area contributed by atoms with E-state index < -0.39 is 46.9 Å². The lowest BCUT2D eigenvalue weighted by atomic mass is 9.85. The molecule has 1 aliphatic carbocycles. The molecule has 0 aliphatic heterocycles. The predicted molar refractivity (Wildman–Crippen MR) is 125 cm³/mol. The van der Waals surface area contributed by atoms with E-state index in [1.54, 1.807) is 26.0 Å². The topological polar surface area (TPSA) is 130 Å². The molecule has 2 aromatic rings. The number of fused-ring (bicyclic) bond motifs is 1. The molecule has 0 fully saturated rings. The molecule has 2 aromatic carbocycles. The van der Waals surface area contributed by atoms with E-state index in [0.29, 0.717) is 0 Å². The fraction of sp³-hybridized carbons (Fsp3) is 0.231. The van der Waals surface area contributed by atoms with Crippen molar-refractivity contribution < 1.29 is 38.5 Å². The monoisotopic (exact) mass is 481 g/mol. The molecule has 8 nitrogen and oxygen atoms in total. The number of rotatable bonds is 8. The molecule has 1 amide bonds. The lowest BCUT2D eigenvalue weighted by molar-refractivity contribution is -0.148. The maximum absolute atomic E-state index is 13.7. The van der Waals surface area contributed by atoms with Crippen LogP contribution >= 0.6 is 0 Å². The number of ether oxygens (including phenoxy) is 1. The molecule has 3 N–H and O–H groups in total. The van der Waals surface area contributed by atoms with Crippen LogP contribution in [-0.4, -0.2) is 39.8 Å². The van der Waals surface area contributed by atoms with Gasteiger partial charge in [-0.25, -0.2) is 4.39 Å². The Hall–Kier alpha value is -4.27. The lowest BCUT2D eigenvalue weighted by Gasteiger charge is -2.23. The molecular formula is C26H24FNO7. The zero-order valence-corrected chi connectivity index (χ0v) is 19.1. The third-order valence-corrected chi connectivity index (χ3v) is 5.25. The van der Waals surface area contributed by atoms with Crippen molar-refractivity contribution in [2.45, 2.75) is 39.2 Å². The Morgan fingerprint density at radius 2 is 1.69 bits per heavy atom. The van der Waals surface area contributed by atoms with Crippen LogP contribution in [0.25, 0.3) is 0 Å². The van der Waals surface area contributed by atoms with Crippen LogP contribution in [0.3, 0.4) is 0 Å². The number of aromatic hydroxyl groups is 2. The minimum Gasteiger partial charge on any atom is -0.507 e. The molecule has 1 atom stereocenters. The van der Waals surface area contributed by atoms with Gasteiger partial charge in [-0.3, -0.25) is 19.2 Å². The Kier molecular flexibility index (Phi) is 7.80. The summed E-state index contributed by atoms with van der Waals surface area (Å²) >= 11 is 0. The van der Waals surface area contributed by atoms with Gasteiger partial charge in [0.25, 0.3) is 0 Å². The average Bonchev–Trinajstić information content (AvgIpc) is 2.80. The van der Waals surface area contributed by atoms with E-state index in [4.69, 9.17) is 4.74 Å². The first-order valence-electron chi connectivity index (χ1n) is 10.8. The lowest BCUT2D eigenvalue weighted by Crippen LogP contribution is -2.29. The highest BCUT2D eigenvalue weighted by molar-refractivity contribution is 6.27. The number of anilines is 1. The second-order valence-electron chi connectivity index (χ2n) is 8.17. The number of phenolic OH excluding ortho intramolecular Hbond substituents is 2. The molecule has 0 bridgehead atoms. The number of ketones is 2. The average molecular weight is 481 g/mol. The van der Waals surface area contributed by atoms with Gasteiger partial charge in [-0.05, 0) is 44.2 Å². The Bertz CT molecular complexity index is 1260. The van der Waals surface area contributed by atoms with Gasteiger partial charge in [0.1, 0.15) is 23.4 Å². The van der Waals surface area contributed by atoms with Crippen molar-refractivity contribution >= 4 is 29.1 Å². The molecule has 0 saturated carbocycles. The Morgan fingerprint density at radius 1 is 1.03 bits per heavy atom. The van der Waals surface area contributed by atoms with Crippen molar-refractivity contribution in [1.82, 2.24) is 0 Å². The fourth-order valence-corrected chi connectivity index (χ4v) is 3.51. The largest absolute Gasteiger partial charge is 0.507 e. The summed E-state index contributed by atoms with van der Waals surface area (Å²) in [6.45, 7) is 3.60. The number of hydrogen-bond donors (Lipinski definition) is 3. The van der Waals surface area contributed by atoms with Gasteiger partial charge >= 0.3 is 5.97 Å². The van der Waals surface area contributed by atoms with E-state index >= 15 is 0 Å². The molecule has 0 radical (unpaired) electrons. The number of amides is 1. The van der Waals surface area contributed by atoms with E-state index in [-0.39, 0.29) is 41.6 Å². The highest BCUT2D eigenvalue weighted by atomic mass is 19.1. The molecule has 0 unspecified atom stereocenters. The number of carbonyl (C=O) groups is 4. The summed E-state index contributed by atoms with van der Waals surface area (Å²) in [5.41, 5.74) is -0.00665. The first kappa shape index (κ1) is 25.4. The number of Topliss-reactive ketones (excluding diaryl/α,β-unsaturated/α-hetero) is 1. The summed E-state index contributed by atoms with van der Waals surface area (Å²) in [7, 11) is 0. The van der Waals surface area contributed by atoms with Crippen molar-refractivity contribution in [2.75, 3.05) is 5.32 Å². The summed E-state index contributed by atoms with van der Waals surface area (Å²) in [6.07, 6.45) is 0.925. The van der Waals surface area contributed by atoms with Gasteiger partial charge in [-0.1, -0.05) is 23.8 Å². The van der Waals surface area contributed by atoms with Crippen molar-refractivity contribution in [3.8, 4) is 11.5 Å². The van der Waals surface area contributed by atoms with Crippen LogP contribution < -0.4 is 5.32 Å². The van der Waals surface area contributed by atoms with Gasteiger partial charge in [0, 0.05) is 18.4 Å². The van der Waals surface area contributed by atoms with Gasteiger partial charge in [-0.15, -0.1) is 0 Å². The quantitative estimate of drug-likeness (QED) is 0.292. The fourth-order valence-electron chi connectivity index (χ4n) is 3.51. The van der Waals surface area contributed by atoms with E-state index in [9.17, 15) is 33.8 Å². The normalized spacial score (nSPS) is 13.4. The van der Waals surface area contributed by atoms with Crippen LogP contribution in [0.5, 0.6) is 11.5 Å². The molecule has 9 heteroatoms. The van der Waals surface area contributed by atoms with Crippen LogP contribution in [0.4, 0.5) is 10.1 Å². The van der Waals surface area contributed by atoms with Crippen LogP contribution in [-0.2, 0) is 14.3 Å². The summed E-state index contributed by atoms with van der Waals surface area (Å²) in [5, 5.41) is 22.5. The van der Waals surface area contributed by atoms with Gasteiger partial charge in [0.15, 0.2) is 11.6 Å². The van der Waals surface area contributed by atoms with Gasteiger partial charge in [-0.2, -0.15) is 0 Å². The van der Waals surface area contributed by atoms with Crippen molar-refractivity contribution in [2.24, 2.45) is 0 Å². The van der Waals surface area contributed by atoms with Gasteiger partial charge in [0.05, 0.1) is 23.2 Å². The number of hydrogen-bond acceptors (Lipinski definition) is 7. The summed E-state index contributed by atoms with van der Waals surface area (Å²) in [4.78, 5) is 50.3. The first-order valence-corrected chi connectivity index (χ1v) is 10.8. The minimum absolute atomic E-state index is 0.0227. The maximum atomic E-state index is 13.7. The number of allylic oxidation sites excluding steroid dienone is 2. The van der Waals surface area contributed by atoms with Crippen molar-refractivity contribution in [3.05, 3.63) is 76.6 Å². The third kappa shape index (κ3) is 6.00. The predicted octanol–water partition coefficient (Wildman–Crippen LogP) is 4.23. The number of carbonyl (C=O) groups excluding carboxylic acids is 4. The molecule has 3 rings (SSSR count). The molecule has 0 heterocycles. The van der Waals surface area contributed by atoms with Crippen LogP contribution in [0, 0.1) is 5.82 Å². The smallest absolute Gasteiger partial charge is 0.306 e. The zero-order chi connectivity index (χ0) is 25.7. The first-order chi connectivity index (χ1) is 16.6. The van der Waals surface area contributed by atoms with E-state index in [1.807, 2.05) is 0 Å². The zero-order valence-electron chi connectivity index (χ0n) is 19.1. The molecular weight excluding hydrogens is 457 g/mol.